The van der Waals surface area contributed by atoms with Gasteiger partial charge in [0.2, 0.25) is 5.91 Å². The second-order valence-corrected chi connectivity index (χ2v) is 7.95. The number of hydrogen-bond acceptors (Lipinski definition) is 3. The Kier molecular flexibility index (Phi) is 5.33. The summed E-state index contributed by atoms with van der Waals surface area (Å²) < 4.78 is 7.92. The van der Waals surface area contributed by atoms with Gasteiger partial charge >= 0.3 is 0 Å². The number of fused-ring (bicyclic) bond motifs is 1. The van der Waals surface area contributed by atoms with E-state index in [9.17, 15) is 4.79 Å². The first-order valence-corrected chi connectivity index (χ1v) is 10.00. The topological polar surface area (TPSA) is 47.4 Å². The molecule has 146 valence electrons. The van der Waals surface area contributed by atoms with Crippen LogP contribution >= 0.6 is 0 Å². The molecule has 3 aromatic rings. The first kappa shape index (κ1) is 18.5. The molecule has 1 aromatic heterocycles. The minimum Gasteiger partial charge on any atom is -0.486 e. The van der Waals surface area contributed by atoms with E-state index in [1.165, 1.54) is 6.42 Å². The predicted octanol–water partition coefficient (Wildman–Crippen LogP) is 4.12. The third kappa shape index (κ3) is 4.03. The van der Waals surface area contributed by atoms with Gasteiger partial charge in [-0.3, -0.25) is 4.79 Å². The van der Waals surface area contributed by atoms with Crippen LogP contribution in [-0.4, -0.2) is 33.4 Å². The lowest BCUT2D eigenvalue weighted by Gasteiger charge is -2.35. The van der Waals surface area contributed by atoms with E-state index >= 15 is 0 Å². The van der Waals surface area contributed by atoms with Gasteiger partial charge in [0.25, 0.3) is 0 Å². The van der Waals surface area contributed by atoms with Crippen molar-refractivity contribution in [1.82, 2.24) is 14.5 Å². The van der Waals surface area contributed by atoms with Crippen molar-refractivity contribution in [2.24, 2.45) is 11.8 Å². The molecular weight excluding hydrogens is 350 g/mol. The second-order valence-electron chi connectivity index (χ2n) is 7.95. The summed E-state index contributed by atoms with van der Waals surface area (Å²) in [5.74, 6) is 2.83. The van der Waals surface area contributed by atoms with Gasteiger partial charge in [-0.1, -0.05) is 44.2 Å². The van der Waals surface area contributed by atoms with Crippen molar-refractivity contribution in [2.45, 2.75) is 33.4 Å². The summed E-state index contributed by atoms with van der Waals surface area (Å²) in [5, 5.41) is 0. The highest BCUT2D eigenvalue weighted by Gasteiger charge is 2.26. The number of para-hydroxylation sites is 3. The van der Waals surface area contributed by atoms with Gasteiger partial charge in [-0.05, 0) is 42.5 Å². The maximum Gasteiger partial charge on any atom is 0.242 e. The Hall–Kier alpha value is -2.82. The molecule has 0 saturated carbocycles. The van der Waals surface area contributed by atoms with Crippen molar-refractivity contribution in [3.05, 3.63) is 60.4 Å². The Morgan fingerprint density at radius 3 is 2.46 bits per heavy atom. The monoisotopic (exact) mass is 377 g/mol. The van der Waals surface area contributed by atoms with Crippen LogP contribution in [0.4, 0.5) is 0 Å². The Balaban J connectivity index is 1.57. The number of ether oxygens (including phenoxy) is 1. The summed E-state index contributed by atoms with van der Waals surface area (Å²) in [6.07, 6.45) is 1.19. The smallest absolute Gasteiger partial charge is 0.242 e. The minimum absolute atomic E-state index is 0.155. The van der Waals surface area contributed by atoms with Gasteiger partial charge in [-0.2, -0.15) is 0 Å². The van der Waals surface area contributed by atoms with E-state index in [2.05, 4.69) is 13.8 Å². The average Bonchev–Trinajstić information content (AvgIpc) is 3.04. The standard InChI is InChI=1S/C23H27N3O2/c1-17-12-18(2)14-25(13-17)23(27)15-26-21-11-7-6-10-20(21)24-22(26)16-28-19-8-4-3-5-9-19/h3-11,17-18H,12-16H2,1-2H3/t17-,18-/m1/s1. The Morgan fingerprint density at radius 1 is 1.04 bits per heavy atom. The molecule has 0 radical (unpaired) electrons. The number of nitrogens with zero attached hydrogens (tertiary/aromatic N) is 3. The SMILES string of the molecule is C[C@@H]1C[C@@H](C)CN(C(=O)Cn2c(COc3ccccc3)nc3ccccc32)C1. The van der Waals surface area contributed by atoms with Crippen molar-refractivity contribution >= 4 is 16.9 Å². The summed E-state index contributed by atoms with van der Waals surface area (Å²) in [7, 11) is 0. The number of carbonyl (C=O) groups is 1. The molecule has 0 spiro atoms. The van der Waals surface area contributed by atoms with Gasteiger partial charge in [-0.25, -0.2) is 4.98 Å². The molecule has 2 atom stereocenters. The van der Waals surface area contributed by atoms with Crippen LogP contribution in [0.3, 0.4) is 0 Å². The highest BCUT2D eigenvalue weighted by molar-refractivity contribution is 5.81. The summed E-state index contributed by atoms with van der Waals surface area (Å²) in [6, 6.07) is 17.7. The van der Waals surface area contributed by atoms with E-state index in [0.717, 1.165) is 35.7 Å². The molecule has 0 N–H and O–H groups in total. The van der Waals surface area contributed by atoms with E-state index in [1.54, 1.807) is 0 Å². The zero-order valence-corrected chi connectivity index (χ0v) is 16.5. The van der Waals surface area contributed by atoms with Gasteiger partial charge in [0.05, 0.1) is 11.0 Å². The fourth-order valence-corrected chi connectivity index (χ4v) is 4.18. The van der Waals surface area contributed by atoms with Crippen LogP contribution in [-0.2, 0) is 17.9 Å². The van der Waals surface area contributed by atoms with Crippen LogP contribution in [0.15, 0.2) is 54.6 Å². The molecule has 28 heavy (non-hydrogen) atoms. The highest BCUT2D eigenvalue weighted by Crippen LogP contribution is 2.23. The van der Waals surface area contributed by atoms with Crippen LogP contribution in [0.5, 0.6) is 5.75 Å². The molecule has 4 rings (SSSR count). The highest BCUT2D eigenvalue weighted by atomic mass is 16.5. The predicted molar refractivity (Wildman–Crippen MR) is 110 cm³/mol. The van der Waals surface area contributed by atoms with Gasteiger partial charge in [0.1, 0.15) is 24.7 Å². The molecule has 2 heterocycles. The molecule has 0 bridgehead atoms. The Labute approximate surface area is 165 Å². The zero-order valence-electron chi connectivity index (χ0n) is 16.5. The summed E-state index contributed by atoms with van der Waals surface area (Å²) in [5.41, 5.74) is 1.86. The number of rotatable bonds is 5. The molecule has 1 aliphatic rings. The molecule has 5 nitrogen and oxygen atoms in total. The third-order valence-electron chi connectivity index (χ3n) is 5.36. The van der Waals surface area contributed by atoms with Crippen molar-refractivity contribution < 1.29 is 9.53 Å². The number of imidazole rings is 1. The van der Waals surface area contributed by atoms with E-state index in [1.807, 2.05) is 64.1 Å². The maximum absolute atomic E-state index is 13.1. The van der Waals surface area contributed by atoms with Crippen LogP contribution in [0, 0.1) is 11.8 Å². The van der Waals surface area contributed by atoms with Crippen LogP contribution < -0.4 is 4.74 Å². The van der Waals surface area contributed by atoms with Crippen molar-refractivity contribution in [1.29, 1.82) is 0 Å². The fraction of sp³-hybridized carbons (Fsp3) is 0.391. The van der Waals surface area contributed by atoms with Crippen LogP contribution in [0.2, 0.25) is 0 Å². The first-order chi connectivity index (χ1) is 13.6. The summed E-state index contributed by atoms with van der Waals surface area (Å²) >= 11 is 0. The lowest BCUT2D eigenvalue weighted by molar-refractivity contribution is -0.134. The molecule has 0 unspecified atom stereocenters. The van der Waals surface area contributed by atoms with Crippen molar-refractivity contribution in [3.8, 4) is 5.75 Å². The number of likely N-dealkylation sites (tertiary alicyclic amines) is 1. The largest absolute Gasteiger partial charge is 0.486 e. The first-order valence-electron chi connectivity index (χ1n) is 10.00. The van der Waals surface area contributed by atoms with Crippen LogP contribution in [0.25, 0.3) is 11.0 Å². The van der Waals surface area contributed by atoms with Gasteiger partial charge in [0.15, 0.2) is 0 Å². The number of hydrogen-bond donors (Lipinski definition) is 0. The Bertz CT molecular complexity index is 941. The number of benzene rings is 2. The molecular formula is C23H27N3O2. The Morgan fingerprint density at radius 2 is 1.71 bits per heavy atom. The molecule has 0 aliphatic carbocycles. The van der Waals surface area contributed by atoms with Crippen LogP contribution in [0.1, 0.15) is 26.1 Å². The normalized spacial score (nSPS) is 19.7. The van der Waals surface area contributed by atoms with Gasteiger partial charge < -0.3 is 14.2 Å². The van der Waals surface area contributed by atoms with Crippen molar-refractivity contribution in [2.75, 3.05) is 13.1 Å². The van der Waals surface area contributed by atoms with E-state index < -0.39 is 0 Å². The van der Waals surface area contributed by atoms with Gasteiger partial charge in [-0.15, -0.1) is 0 Å². The summed E-state index contributed by atoms with van der Waals surface area (Å²) in [4.78, 5) is 19.8. The lowest BCUT2D eigenvalue weighted by Crippen LogP contribution is -2.44. The third-order valence-corrected chi connectivity index (χ3v) is 5.36. The molecule has 1 saturated heterocycles. The van der Waals surface area contributed by atoms with E-state index in [-0.39, 0.29) is 5.91 Å². The number of carbonyl (C=O) groups excluding carboxylic acids is 1. The fourth-order valence-electron chi connectivity index (χ4n) is 4.18. The molecule has 1 amide bonds. The van der Waals surface area contributed by atoms with Crippen molar-refractivity contribution in [3.63, 3.8) is 0 Å². The molecule has 2 aromatic carbocycles. The van der Waals surface area contributed by atoms with Gasteiger partial charge in [0, 0.05) is 13.1 Å². The van der Waals surface area contributed by atoms with E-state index in [4.69, 9.17) is 9.72 Å². The van der Waals surface area contributed by atoms with E-state index in [0.29, 0.717) is 25.0 Å². The zero-order chi connectivity index (χ0) is 19.5. The quantitative estimate of drug-likeness (QED) is 0.672. The lowest BCUT2D eigenvalue weighted by atomic mass is 9.92. The second kappa shape index (κ2) is 8.05. The summed E-state index contributed by atoms with van der Waals surface area (Å²) in [6.45, 7) is 6.76. The minimum atomic E-state index is 0.155. The molecule has 1 aliphatic heterocycles. The molecule has 1 fully saturated rings. The molecule has 5 heteroatoms. The number of amides is 1. The number of piperidine rings is 1. The number of aromatic nitrogens is 2. The average molecular weight is 377 g/mol. The maximum atomic E-state index is 13.1.